The lowest BCUT2D eigenvalue weighted by molar-refractivity contribution is -0.00224. The number of nitrogens with one attached hydrogen (secondary N) is 1. The zero-order valence-electron chi connectivity index (χ0n) is 12.9. The maximum atomic E-state index is 13.0. The van der Waals surface area contributed by atoms with Crippen LogP contribution >= 0.6 is 0 Å². The van der Waals surface area contributed by atoms with Crippen molar-refractivity contribution in [1.82, 2.24) is 10.2 Å². The number of halogens is 1. The van der Waals surface area contributed by atoms with Crippen LogP contribution in [0.4, 0.5) is 10.2 Å². The van der Waals surface area contributed by atoms with E-state index < -0.39 is 0 Å². The third kappa shape index (κ3) is 3.50. The molecule has 1 saturated heterocycles. The second kappa shape index (κ2) is 6.24. The summed E-state index contributed by atoms with van der Waals surface area (Å²) in [4.78, 5) is 0. The molecule has 0 bridgehead atoms. The monoisotopic (exact) mass is 313 g/mol. The minimum atomic E-state index is -0.246. The van der Waals surface area contributed by atoms with Gasteiger partial charge in [-0.3, -0.25) is 0 Å². The van der Waals surface area contributed by atoms with Crippen molar-refractivity contribution >= 4 is 5.82 Å². The van der Waals surface area contributed by atoms with E-state index in [-0.39, 0.29) is 5.82 Å². The molecule has 1 aromatic carbocycles. The Morgan fingerprint density at radius 1 is 1.00 bits per heavy atom. The standard InChI is InChI=1S/C18H20FN3O/c19-14-5-3-12(4-6-14)16-7-8-18(22-21-16)20-15-9-10-23-17(11-15)13-1-2-13/h3-8,13,15,17H,1-2,9-11H2,(H,20,22). The third-order valence-corrected chi connectivity index (χ3v) is 4.62. The van der Waals surface area contributed by atoms with Crippen LogP contribution in [0.3, 0.4) is 0 Å². The molecule has 2 unspecified atom stereocenters. The van der Waals surface area contributed by atoms with Gasteiger partial charge >= 0.3 is 0 Å². The predicted octanol–water partition coefficient (Wildman–Crippen LogP) is 3.65. The molecule has 23 heavy (non-hydrogen) atoms. The van der Waals surface area contributed by atoms with E-state index in [1.807, 2.05) is 12.1 Å². The highest BCUT2D eigenvalue weighted by molar-refractivity contribution is 5.59. The number of hydrogen-bond acceptors (Lipinski definition) is 4. The molecule has 1 N–H and O–H groups in total. The van der Waals surface area contributed by atoms with Gasteiger partial charge < -0.3 is 10.1 Å². The number of aromatic nitrogens is 2. The van der Waals surface area contributed by atoms with E-state index in [0.717, 1.165) is 42.4 Å². The van der Waals surface area contributed by atoms with E-state index in [1.165, 1.54) is 25.0 Å². The van der Waals surface area contributed by atoms with Crippen molar-refractivity contribution in [3.05, 3.63) is 42.2 Å². The molecule has 2 heterocycles. The summed E-state index contributed by atoms with van der Waals surface area (Å²) < 4.78 is 18.8. The highest BCUT2D eigenvalue weighted by Gasteiger charge is 2.35. The van der Waals surface area contributed by atoms with Crippen LogP contribution < -0.4 is 5.32 Å². The second-order valence-electron chi connectivity index (χ2n) is 6.42. The van der Waals surface area contributed by atoms with E-state index in [2.05, 4.69) is 15.5 Å². The van der Waals surface area contributed by atoms with Crippen molar-refractivity contribution in [3.63, 3.8) is 0 Å². The zero-order valence-corrected chi connectivity index (χ0v) is 12.9. The topological polar surface area (TPSA) is 47.0 Å². The van der Waals surface area contributed by atoms with Gasteiger partial charge in [0.15, 0.2) is 0 Å². The summed E-state index contributed by atoms with van der Waals surface area (Å²) in [5, 5.41) is 12.0. The Morgan fingerprint density at radius 2 is 1.83 bits per heavy atom. The molecule has 1 aliphatic heterocycles. The van der Waals surface area contributed by atoms with E-state index in [9.17, 15) is 4.39 Å². The van der Waals surface area contributed by atoms with Gasteiger partial charge in [-0.05, 0) is 68.0 Å². The molecule has 1 aliphatic carbocycles. The van der Waals surface area contributed by atoms with E-state index in [0.29, 0.717) is 12.1 Å². The SMILES string of the molecule is Fc1ccc(-c2ccc(NC3CCOC(C4CC4)C3)nn2)cc1. The second-order valence-corrected chi connectivity index (χ2v) is 6.42. The molecule has 120 valence electrons. The van der Waals surface area contributed by atoms with Gasteiger partial charge in [0.2, 0.25) is 0 Å². The Hall–Kier alpha value is -2.01. The van der Waals surface area contributed by atoms with Gasteiger partial charge in [0.25, 0.3) is 0 Å². The van der Waals surface area contributed by atoms with Crippen LogP contribution in [0.15, 0.2) is 36.4 Å². The molecule has 2 aliphatic rings. The number of anilines is 1. The highest BCUT2D eigenvalue weighted by atomic mass is 19.1. The quantitative estimate of drug-likeness (QED) is 0.936. The van der Waals surface area contributed by atoms with E-state index in [1.54, 1.807) is 12.1 Å². The fourth-order valence-corrected chi connectivity index (χ4v) is 3.15. The third-order valence-electron chi connectivity index (χ3n) is 4.62. The molecule has 1 saturated carbocycles. The average Bonchev–Trinajstić information content (AvgIpc) is 3.42. The van der Waals surface area contributed by atoms with Crippen LogP contribution in [0.5, 0.6) is 0 Å². The van der Waals surface area contributed by atoms with Gasteiger partial charge in [0.05, 0.1) is 11.8 Å². The summed E-state index contributed by atoms with van der Waals surface area (Å²) in [5.74, 6) is 1.31. The molecule has 2 atom stereocenters. The first kappa shape index (κ1) is 14.6. The van der Waals surface area contributed by atoms with Gasteiger partial charge in [-0.25, -0.2) is 4.39 Å². The van der Waals surface area contributed by atoms with Crippen LogP contribution in [0.25, 0.3) is 11.3 Å². The summed E-state index contributed by atoms with van der Waals surface area (Å²) >= 11 is 0. The molecule has 1 aromatic heterocycles. The molecule has 0 amide bonds. The largest absolute Gasteiger partial charge is 0.378 e. The maximum Gasteiger partial charge on any atom is 0.148 e. The normalized spacial score (nSPS) is 24.4. The van der Waals surface area contributed by atoms with E-state index in [4.69, 9.17) is 4.74 Å². The fourth-order valence-electron chi connectivity index (χ4n) is 3.15. The van der Waals surface area contributed by atoms with Crippen LogP contribution in [-0.2, 0) is 4.74 Å². The van der Waals surface area contributed by atoms with E-state index >= 15 is 0 Å². The Balaban J connectivity index is 1.40. The number of rotatable bonds is 4. The van der Waals surface area contributed by atoms with Crippen molar-refractivity contribution < 1.29 is 9.13 Å². The summed E-state index contributed by atoms with van der Waals surface area (Å²) in [5.41, 5.74) is 1.61. The fraction of sp³-hybridized carbons (Fsp3) is 0.444. The van der Waals surface area contributed by atoms with Crippen molar-refractivity contribution in [2.24, 2.45) is 5.92 Å². The molecule has 0 spiro atoms. The van der Waals surface area contributed by atoms with Crippen molar-refractivity contribution in [1.29, 1.82) is 0 Å². The molecule has 4 rings (SSSR count). The summed E-state index contributed by atoms with van der Waals surface area (Å²) in [6.07, 6.45) is 5.08. The summed E-state index contributed by atoms with van der Waals surface area (Å²) in [6, 6.07) is 10.6. The molecular weight excluding hydrogens is 293 g/mol. The van der Waals surface area contributed by atoms with Gasteiger partial charge in [-0.1, -0.05) is 0 Å². The Labute approximate surface area is 135 Å². The summed E-state index contributed by atoms with van der Waals surface area (Å²) in [6.45, 7) is 0.819. The van der Waals surface area contributed by atoms with Crippen molar-refractivity contribution in [3.8, 4) is 11.3 Å². The lowest BCUT2D eigenvalue weighted by atomic mass is 10.00. The Kier molecular flexibility index (Phi) is 3.95. The summed E-state index contributed by atoms with van der Waals surface area (Å²) in [7, 11) is 0. The van der Waals surface area contributed by atoms with Crippen molar-refractivity contribution in [2.45, 2.75) is 37.8 Å². The number of nitrogens with zero attached hydrogens (tertiary/aromatic N) is 2. The highest BCUT2D eigenvalue weighted by Crippen LogP contribution is 2.38. The number of ether oxygens (including phenoxy) is 1. The maximum absolute atomic E-state index is 13.0. The lowest BCUT2D eigenvalue weighted by Gasteiger charge is -2.30. The minimum Gasteiger partial charge on any atom is -0.378 e. The average molecular weight is 313 g/mol. The van der Waals surface area contributed by atoms with Crippen LogP contribution in [0, 0.1) is 11.7 Å². The molecule has 2 fully saturated rings. The molecule has 0 radical (unpaired) electrons. The van der Waals surface area contributed by atoms with Gasteiger partial charge in [-0.15, -0.1) is 10.2 Å². The Morgan fingerprint density at radius 3 is 2.52 bits per heavy atom. The van der Waals surface area contributed by atoms with Gasteiger partial charge in [-0.2, -0.15) is 0 Å². The van der Waals surface area contributed by atoms with Gasteiger partial charge in [0.1, 0.15) is 11.6 Å². The van der Waals surface area contributed by atoms with Crippen LogP contribution in [-0.4, -0.2) is 29.0 Å². The lowest BCUT2D eigenvalue weighted by Crippen LogP contribution is -2.35. The zero-order chi connectivity index (χ0) is 15.6. The first-order valence-electron chi connectivity index (χ1n) is 8.26. The number of hydrogen-bond donors (Lipinski definition) is 1. The predicted molar refractivity (Wildman–Crippen MR) is 86.5 cm³/mol. The Bertz CT molecular complexity index is 655. The molecule has 2 aromatic rings. The van der Waals surface area contributed by atoms with Crippen LogP contribution in [0.1, 0.15) is 25.7 Å². The molecular formula is C18H20FN3O. The minimum absolute atomic E-state index is 0.246. The molecule has 5 heteroatoms. The smallest absolute Gasteiger partial charge is 0.148 e. The van der Waals surface area contributed by atoms with Crippen molar-refractivity contribution in [2.75, 3.05) is 11.9 Å². The molecule has 4 nitrogen and oxygen atoms in total. The first-order valence-corrected chi connectivity index (χ1v) is 8.26. The van der Waals surface area contributed by atoms with Gasteiger partial charge in [0, 0.05) is 18.2 Å². The van der Waals surface area contributed by atoms with Crippen LogP contribution in [0.2, 0.25) is 0 Å². The number of benzene rings is 1. The first-order chi connectivity index (χ1) is 11.3.